The number of esters is 1. The van der Waals surface area contributed by atoms with E-state index in [1.165, 1.54) is 0 Å². The lowest BCUT2D eigenvalue weighted by atomic mass is 9.78. The predicted molar refractivity (Wildman–Crippen MR) is 210 cm³/mol. The molecule has 0 aliphatic carbocycles. The first-order valence-corrected chi connectivity index (χ1v) is 22.7. The maximum absolute atomic E-state index is 14.2. The smallest absolute Gasteiger partial charge is 0.308 e. The van der Waals surface area contributed by atoms with Gasteiger partial charge >= 0.3 is 5.97 Å². The van der Waals surface area contributed by atoms with Crippen molar-refractivity contribution in [1.82, 2.24) is 0 Å². The van der Waals surface area contributed by atoms with Crippen molar-refractivity contribution in [2.24, 2.45) is 17.8 Å². The molecule has 0 aromatic heterocycles. The summed E-state index contributed by atoms with van der Waals surface area (Å²) in [5.74, 6) is -2.18. The molecule has 11 rings (SSSR count). The minimum absolute atomic E-state index is 0.00727. The van der Waals surface area contributed by atoms with E-state index in [9.17, 15) is 9.59 Å². The molecule has 11 aliphatic heterocycles. The zero-order valence-electron chi connectivity index (χ0n) is 35.0. The molecule has 326 valence electrons. The molecule has 0 saturated carbocycles. The Morgan fingerprint density at radius 3 is 2.34 bits per heavy atom. The molecule has 0 N–H and O–H groups in total. The van der Waals surface area contributed by atoms with E-state index in [0.29, 0.717) is 45.1 Å². The van der Waals surface area contributed by atoms with Gasteiger partial charge in [-0.05, 0) is 74.3 Å². The molecule has 12 bridgehead atoms. The van der Waals surface area contributed by atoms with E-state index in [4.69, 9.17) is 52.1 Å². The number of carbonyl (C=O) groups is 2. The van der Waals surface area contributed by atoms with E-state index in [1.54, 1.807) is 6.08 Å². The third-order valence-corrected chi connectivity index (χ3v) is 15.6. The summed E-state index contributed by atoms with van der Waals surface area (Å²) in [4.78, 5) is 25.8. The van der Waals surface area contributed by atoms with Crippen LogP contribution in [0.2, 0.25) is 0 Å². The number of hydrogen-bond acceptors (Lipinski definition) is 13. The SMILES string of the molecule is C=CCO[C@@]12C[C@]34CC[C@H]5CC(=C)[C@H](CC[C@H]6C[C@@H](C)C(=C)[C@@H](C[C@@H]7O[C@H]8C[C@@H](C)[C@@H](CC=O)O[C@H]8[C@H](C)[C@H]7OC(=O)C[C@H]7CC[C@@H]8O[C@H]([C@@H](O1)[C@@H](O3)[C@H]8O7)[C@H]2O4)O6)O5. The third kappa shape index (κ3) is 7.34. The molecule has 21 atom stereocenters. The van der Waals surface area contributed by atoms with Crippen LogP contribution in [0.25, 0.3) is 0 Å². The van der Waals surface area contributed by atoms with Crippen LogP contribution in [0.1, 0.15) is 104 Å². The normalized spacial score (nSPS) is 53.1. The van der Waals surface area contributed by atoms with Gasteiger partial charge in [0.2, 0.25) is 5.79 Å². The Morgan fingerprint density at radius 2 is 1.51 bits per heavy atom. The largest absolute Gasteiger partial charge is 0.459 e. The highest BCUT2D eigenvalue weighted by Crippen LogP contribution is 2.59. The number of aldehydes is 1. The van der Waals surface area contributed by atoms with Crippen molar-refractivity contribution in [3.05, 3.63) is 37.0 Å². The van der Waals surface area contributed by atoms with Crippen LogP contribution < -0.4 is 0 Å². The topological polar surface area (TPSA) is 136 Å². The monoisotopic (exact) mass is 824 g/mol. The highest BCUT2D eigenvalue weighted by Gasteiger charge is 2.75. The summed E-state index contributed by atoms with van der Waals surface area (Å²) < 4.78 is 74.5. The summed E-state index contributed by atoms with van der Waals surface area (Å²) >= 11 is 0. The Bertz CT molecular complexity index is 1650. The molecule has 1 spiro atoms. The second kappa shape index (κ2) is 15.9. The molecule has 0 aromatic rings. The van der Waals surface area contributed by atoms with Crippen LogP contribution in [-0.2, 0) is 61.7 Å². The second-order valence-electron chi connectivity index (χ2n) is 19.5. The van der Waals surface area contributed by atoms with Gasteiger partial charge in [0.25, 0.3) is 0 Å². The van der Waals surface area contributed by atoms with Gasteiger partial charge in [0.1, 0.15) is 42.9 Å². The minimum atomic E-state index is -1.04. The molecule has 13 heteroatoms. The molecule has 59 heavy (non-hydrogen) atoms. The summed E-state index contributed by atoms with van der Waals surface area (Å²) in [7, 11) is 0. The lowest BCUT2D eigenvalue weighted by molar-refractivity contribution is -0.304. The van der Waals surface area contributed by atoms with Crippen molar-refractivity contribution in [1.29, 1.82) is 0 Å². The Morgan fingerprint density at radius 1 is 0.729 bits per heavy atom. The number of hydrogen-bond donors (Lipinski definition) is 0. The van der Waals surface area contributed by atoms with Crippen molar-refractivity contribution in [2.45, 2.75) is 213 Å². The van der Waals surface area contributed by atoms with Gasteiger partial charge in [0.15, 0.2) is 5.79 Å². The molecular formula is C46H64O13. The van der Waals surface area contributed by atoms with Crippen LogP contribution in [-0.4, -0.2) is 128 Å². The number of ether oxygens (including phenoxy) is 11. The molecule has 0 aromatic carbocycles. The van der Waals surface area contributed by atoms with E-state index < -0.39 is 54.3 Å². The molecule has 0 amide bonds. The standard InChI is InChI=1S/C46H64O13/c1-7-16-49-46-22-45-14-12-30-18-24(3)31(50-30)10-8-28-17-23(2)26(5)34(51-28)21-36-39(27(6)38-35(53-36)19-25(4)32(54-38)13-15-47)56-37(48)20-29-9-11-33-40(52-29)41(57-45)42(58-46)43(55-33)44(46)59-45/h7,15,23,25,27-36,38-44H,1,3,5,8-14,16-22H2,2,4,6H3/t23-,25-,27+,28+,29-,30+,31+,32-,33+,34-,35+,36+,38+,39-,40+,41+,42+,43-,44-,45-,46+/m1/s1. The summed E-state index contributed by atoms with van der Waals surface area (Å²) in [6.07, 6.45) is 5.49. The predicted octanol–water partition coefficient (Wildman–Crippen LogP) is 5.60. The summed E-state index contributed by atoms with van der Waals surface area (Å²) in [6, 6.07) is 0. The minimum Gasteiger partial charge on any atom is -0.459 e. The molecular weight excluding hydrogens is 760 g/mol. The maximum Gasteiger partial charge on any atom is 0.308 e. The van der Waals surface area contributed by atoms with Gasteiger partial charge in [0.05, 0.1) is 80.5 Å². The van der Waals surface area contributed by atoms with Crippen molar-refractivity contribution in [3.8, 4) is 0 Å². The summed E-state index contributed by atoms with van der Waals surface area (Å²) in [5, 5.41) is 0. The van der Waals surface area contributed by atoms with Gasteiger partial charge in [-0.25, -0.2) is 0 Å². The first kappa shape index (κ1) is 41.0. The third-order valence-electron chi connectivity index (χ3n) is 15.6. The quantitative estimate of drug-likeness (QED) is 0.194. The summed E-state index contributed by atoms with van der Waals surface area (Å²) in [6.45, 7) is 19.6. The number of fused-ring (bicyclic) bond motifs is 7. The van der Waals surface area contributed by atoms with Crippen molar-refractivity contribution in [3.63, 3.8) is 0 Å². The van der Waals surface area contributed by atoms with Crippen LogP contribution in [0.4, 0.5) is 0 Å². The van der Waals surface area contributed by atoms with Gasteiger partial charge in [0, 0.05) is 25.2 Å². The fraction of sp³-hybridized carbons (Fsp3) is 0.826. The van der Waals surface area contributed by atoms with Crippen LogP contribution in [0.5, 0.6) is 0 Å². The first-order chi connectivity index (χ1) is 28.4. The van der Waals surface area contributed by atoms with Gasteiger partial charge < -0.3 is 56.9 Å². The highest BCUT2D eigenvalue weighted by molar-refractivity contribution is 5.70. The molecule has 0 radical (unpaired) electrons. The van der Waals surface area contributed by atoms with Crippen LogP contribution in [0.3, 0.4) is 0 Å². The molecule has 11 fully saturated rings. The van der Waals surface area contributed by atoms with E-state index in [-0.39, 0.29) is 85.1 Å². The van der Waals surface area contributed by atoms with Crippen LogP contribution in [0.15, 0.2) is 37.0 Å². The maximum atomic E-state index is 14.2. The Hall–Kier alpha value is -2.04. The Balaban J connectivity index is 0.946. The van der Waals surface area contributed by atoms with E-state index >= 15 is 0 Å². The lowest BCUT2D eigenvalue weighted by Gasteiger charge is -2.51. The fourth-order valence-corrected chi connectivity index (χ4v) is 12.5. The van der Waals surface area contributed by atoms with Crippen LogP contribution >= 0.6 is 0 Å². The first-order valence-electron chi connectivity index (χ1n) is 22.7. The molecule has 11 saturated heterocycles. The van der Waals surface area contributed by atoms with Crippen molar-refractivity contribution in [2.75, 3.05) is 6.61 Å². The van der Waals surface area contributed by atoms with Gasteiger partial charge in [-0.3, -0.25) is 4.79 Å². The van der Waals surface area contributed by atoms with Gasteiger partial charge in [-0.1, -0.05) is 40.0 Å². The van der Waals surface area contributed by atoms with Gasteiger partial charge in [-0.15, -0.1) is 6.58 Å². The van der Waals surface area contributed by atoms with Crippen molar-refractivity contribution < 1.29 is 61.7 Å². The zero-order valence-corrected chi connectivity index (χ0v) is 35.0. The average Bonchev–Trinajstić information content (AvgIpc) is 3.76. The van der Waals surface area contributed by atoms with E-state index in [0.717, 1.165) is 56.0 Å². The Kier molecular flexibility index (Phi) is 11.1. The number of rotatable bonds is 5. The van der Waals surface area contributed by atoms with E-state index in [2.05, 4.69) is 40.5 Å². The van der Waals surface area contributed by atoms with Crippen molar-refractivity contribution >= 4 is 12.3 Å². The van der Waals surface area contributed by atoms with Crippen LogP contribution in [0, 0.1) is 17.8 Å². The fourth-order valence-electron chi connectivity index (χ4n) is 12.5. The lowest BCUT2D eigenvalue weighted by Crippen LogP contribution is -2.62. The van der Waals surface area contributed by atoms with E-state index in [1.807, 2.05) is 0 Å². The molecule has 11 aliphatic rings. The zero-order chi connectivity index (χ0) is 40.8. The average molecular weight is 825 g/mol. The molecule has 0 unspecified atom stereocenters. The summed E-state index contributed by atoms with van der Waals surface area (Å²) in [5.41, 5.74) is 2.15. The second-order valence-corrected chi connectivity index (χ2v) is 19.5. The molecule has 13 nitrogen and oxygen atoms in total. The highest BCUT2D eigenvalue weighted by atomic mass is 16.8. The molecule has 11 heterocycles. The van der Waals surface area contributed by atoms with Gasteiger partial charge in [-0.2, -0.15) is 0 Å². The Labute approximate surface area is 348 Å². The number of carbonyl (C=O) groups excluding carboxylic acids is 2.